The Bertz CT molecular complexity index is 4530. The summed E-state index contributed by atoms with van der Waals surface area (Å²) < 4.78 is 0. The van der Waals surface area contributed by atoms with Gasteiger partial charge in [-0.1, -0.05) is 221 Å². The van der Waals surface area contributed by atoms with Crippen LogP contribution in [0.1, 0.15) is 49.9 Å². The predicted octanol–water partition coefficient (Wildman–Crippen LogP) is 17.6. The lowest BCUT2D eigenvalue weighted by atomic mass is 9.79. The van der Waals surface area contributed by atoms with Gasteiger partial charge in [0.05, 0.1) is 0 Å². The predicted molar refractivity (Wildman–Crippen MR) is 312 cm³/mol. The van der Waals surface area contributed by atoms with E-state index in [1.165, 1.54) is 154 Å². The van der Waals surface area contributed by atoms with E-state index in [0.717, 1.165) is 0 Å². The summed E-state index contributed by atoms with van der Waals surface area (Å²) in [6, 6.07) is 80.3. The molecule has 0 aromatic heterocycles. The first-order valence-electron chi connectivity index (χ1n) is 25.9. The minimum atomic E-state index is -1.49. The number of rotatable bonds is 3. The van der Waals surface area contributed by atoms with Crippen molar-refractivity contribution in [2.75, 3.05) is 0 Å². The Morgan fingerprint density at radius 1 is 0.278 bits per heavy atom. The van der Waals surface area contributed by atoms with Gasteiger partial charge in [0.2, 0.25) is 0 Å². The van der Waals surface area contributed by atoms with Crippen LogP contribution in [0.15, 0.2) is 206 Å². The monoisotopic (exact) mass is 930 g/mol. The summed E-state index contributed by atoms with van der Waals surface area (Å²) in [6.45, 7) is 12.2. The smallest absolute Gasteiger partial charge is 0.0641 e. The summed E-state index contributed by atoms with van der Waals surface area (Å²) in [5, 5.41) is 18.9. The maximum absolute atomic E-state index is 2.66. The van der Waals surface area contributed by atoms with Gasteiger partial charge in [-0.15, -0.1) is 0 Å². The van der Waals surface area contributed by atoms with Crippen molar-refractivity contribution in [2.45, 2.75) is 45.1 Å². The summed E-state index contributed by atoms with van der Waals surface area (Å²) in [6.07, 6.45) is 0. The maximum Gasteiger partial charge on any atom is 0.101 e. The molecule has 1 heteroatoms. The van der Waals surface area contributed by atoms with Gasteiger partial charge in [-0.25, -0.2) is 0 Å². The van der Waals surface area contributed by atoms with Crippen molar-refractivity contribution in [3.8, 4) is 66.8 Å². The van der Waals surface area contributed by atoms with Crippen LogP contribution in [0, 0.1) is 0 Å². The lowest BCUT2D eigenvalue weighted by Gasteiger charge is -2.25. The lowest BCUT2D eigenvalue weighted by Crippen LogP contribution is -2.34. The van der Waals surface area contributed by atoms with Crippen LogP contribution >= 0.6 is 0 Å². The molecule has 0 spiro atoms. The molecular formula is C71H50Si. The van der Waals surface area contributed by atoms with Crippen LogP contribution in [0.25, 0.3) is 131 Å². The molecule has 3 aliphatic rings. The average molecular weight is 931 g/mol. The highest BCUT2D eigenvalue weighted by Crippen LogP contribution is 2.55. The fraction of sp³-hybridized carbons (Fsp3) is 0.0986. The molecule has 0 saturated heterocycles. The second kappa shape index (κ2) is 14.1. The zero-order chi connectivity index (χ0) is 47.9. The van der Waals surface area contributed by atoms with Crippen LogP contribution in [0.5, 0.6) is 0 Å². The van der Waals surface area contributed by atoms with Crippen molar-refractivity contribution in [1.29, 1.82) is 0 Å². The standard InChI is InChI=1S/C71H50Si/c1-70(2)60-24-9-6-17-45(60)47-30-28-42(36-62(47)70)67-55-32-27-41(44-33-34-54-52-21-13-16-40-15-12-20-51(66(40)52)53-23-14-22-50(44)69(53)54)35-57(55)68(43-29-31-48-46-18-7-10-25-61(46)71(3,4)63(48)37-43)59-39-65-56(38-58(59)67)49-19-8-11-26-64(49)72(65)5/h6-39,72H,1-5H3. The normalized spacial score (nSPS) is 15.7. The van der Waals surface area contributed by atoms with Gasteiger partial charge >= 0.3 is 0 Å². The fourth-order valence-electron chi connectivity index (χ4n) is 14.6. The van der Waals surface area contributed by atoms with Crippen LogP contribution in [0.2, 0.25) is 6.55 Å². The van der Waals surface area contributed by atoms with Gasteiger partial charge in [-0.3, -0.25) is 0 Å². The van der Waals surface area contributed by atoms with Crippen LogP contribution in [-0.2, 0) is 10.8 Å². The second-order valence-electron chi connectivity index (χ2n) is 22.3. The Kier molecular flexibility index (Phi) is 7.93. The van der Waals surface area contributed by atoms with Crippen molar-refractivity contribution in [3.05, 3.63) is 229 Å². The number of benzene rings is 13. The molecule has 1 heterocycles. The summed E-state index contributed by atoms with van der Waals surface area (Å²) in [4.78, 5) is 0. The minimum absolute atomic E-state index is 0.128. The van der Waals surface area contributed by atoms with Gasteiger partial charge in [0.15, 0.2) is 0 Å². The Labute approximate surface area is 421 Å². The van der Waals surface area contributed by atoms with Crippen molar-refractivity contribution in [1.82, 2.24) is 0 Å². The molecule has 0 saturated carbocycles. The third kappa shape index (κ3) is 5.16. The highest BCUT2D eigenvalue weighted by molar-refractivity contribution is 6.88. The Balaban J connectivity index is 1.03. The number of hydrogen-bond donors (Lipinski definition) is 0. The Hall–Kier alpha value is -8.10. The molecule has 0 bridgehead atoms. The molecule has 0 N–H and O–H groups in total. The molecule has 13 aromatic carbocycles. The maximum atomic E-state index is 2.66. The molecule has 1 unspecified atom stereocenters. The fourth-order valence-corrected chi connectivity index (χ4v) is 17.1. The SMILES string of the molecule is C[SiH]1c2ccccc2-c2cc3c(-c4ccc5c(c4)C(C)(C)c4ccccc4-5)c4ccc(-c5ccc6c7cccc8cccc(c9cccc5c96)c87)cc4c(-c4ccc5c(c4)C(C)(C)c4ccccc4-5)c3cc21. The molecule has 0 fully saturated rings. The van der Waals surface area contributed by atoms with E-state index in [0.29, 0.717) is 0 Å². The first-order valence-corrected chi connectivity index (χ1v) is 28.2. The topological polar surface area (TPSA) is 0 Å². The minimum Gasteiger partial charge on any atom is -0.0641 e. The van der Waals surface area contributed by atoms with Crippen molar-refractivity contribution in [3.63, 3.8) is 0 Å². The Morgan fingerprint density at radius 2 is 0.750 bits per heavy atom. The van der Waals surface area contributed by atoms with Crippen LogP contribution in [0.4, 0.5) is 0 Å². The molecule has 338 valence electrons. The van der Waals surface area contributed by atoms with Crippen LogP contribution in [-0.4, -0.2) is 8.80 Å². The molecule has 1 atom stereocenters. The van der Waals surface area contributed by atoms with E-state index in [9.17, 15) is 0 Å². The van der Waals surface area contributed by atoms with Crippen LogP contribution in [0.3, 0.4) is 0 Å². The zero-order valence-corrected chi connectivity index (χ0v) is 42.4. The van der Waals surface area contributed by atoms with Gasteiger partial charge in [0.1, 0.15) is 8.80 Å². The largest absolute Gasteiger partial charge is 0.101 e. The number of fused-ring (bicyclic) bond motifs is 13. The zero-order valence-electron chi connectivity index (χ0n) is 41.2. The van der Waals surface area contributed by atoms with Gasteiger partial charge < -0.3 is 0 Å². The van der Waals surface area contributed by atoms with Gasteiger partial charge in [0.25, 0.3) is 0 Å². The van der Waals surface area contributed by atoms with Gasteiger partial charge in [-0.2, -0.15) is 0 Å². The van der Waals surface area contributed by atoms with Crippen LogP contribution < -0.4 is 10.4 Å². The van der Waals surface area contributed by atoms with Crippen molar-refractivity contribution in [2.24, 2.45) is 0 Å². The number of hydrogen-bond acceptors (Lipinski definition) is 0. The molecular weight excluding hydrogens is 881 g/mol. The van der Waals surface area contributed by atoms with E-state index < -0.39 is 8.80 Å². The van der Waals surface area contributed by atoms with E-state index in [1.54, 1.807) is 10.4 Å². The summed E-state index contributed by atoms with van der Waals surface area (Å²) in [5.74, 6) is 0. The molecule has 0 nitrogen and oxygen atoms in total. The second-order valence-corrected chi connectivity index (χ2v) is 25.0. The lowest BCUT2D eigenvalue weighted by molar-refractivity contribution is 0.660. The summed E-state index contributed by atoms with van der Waals surface area (Å²) in [5.41, 5.74) is 21.3. The molecule has 2 aliphatic carbocycles. The summed E-state index contributed by atoms with van der Waals surface area (Å²) in [7, 11) is -1.49. The Morgan fingerprint density at radius 3 is 1.42 bits per heavy atom. The highest BCUT2D eigenvalue weighted by Gasteiger charge is 2.38. The summed E-state index contributed by atoms with van der Waals surface area (Å²) >= 11 is 0. The van der Waals surface area contributed by atoms with E-state index in [2.05, 4.69) is 240 Å². The van der Waals surface area contributed by atoms with E-state index >= 15 is 0 Å². The van der Waals surface area contributed by atoms with Gasteiger partial charge in [0, 0.05) is 10.8 Å². The first-order chi connectivity index (χ1) is 35.1. The quantitative estimate of drug-likeness (QED) is 0.0941. The van der Waals surface area contributed by atoms with Gasteiger partial charge in [-0.05, 0) is 183 Å². The average Bonchev–Trinajstić information content (AvgIpc) is 3.92. The third-order valence-corrected chi connectivity index (χ3v) is 20.9. The molecule has 1 aliphatic heterocycles. The molecule has 13 aromatic rings. The van der Waals surface area contributed by atoms with E-state index in [4.69, 9.17) is 0 Å². The third-order valence-electron chi connectivity index (χ3n) is 18.1. The first kappa shape index (κ1) is 40.6. The van der Waals surface area contributed by atoms with E-state index in [-0.39, 0.29) is 10.8 Å². The van der Waals surface area contributed by atoms with E-state index in [1.807, 2.05) is 0 Å². The molecule has 0 radical (unpaired) electrons. The molecule has 16 rings (SSSR count). The van der Waals surface area contributed by atoms with Crippen molar-refractivity contribution >= 4 is 83.8 Å². The molecule has 72 heavy (non-hydrogen) atoms. The highest BCUT2D eigenvalue weighted by atomic mass is 28.3. The van der Waals surface area contributed by atoms with Crippen molar-refractivity contribution < 1.29 is 0 Å². The molecule has 0 amide bonds.